The van der Waals surface area contributed by atoms with E-state index in [2.05, 4.69) is 51.4 Å². The van der Waals surface area contributed by atoms with E-state index in [0.29, 0.717) is 5.92 Å². The average molecular weight is 311 g/mol. The third kappa shape index (κ3) is 2.36. The van der Waals surface area contributed by atoms with Crippen molar-refractivity contribution in [3.05, 3.63) is 34.1 Å². The quantitative estimate of drug-likeness (QED) is 0.870. The number of nitrogens with zero attached hydrogens (tertiary/aromatic N) is 4. The first kappa shape index (κ1) is 13.3. The van der Waals surface area contributed by atoms with E-state index < -0.39 is 0 Å². The summed E-state index contributed by atoms with van der Waals surface area (Å²) in [6.45, 7) is 7.24. The Kier molecular flexibility index (Phi) is 3.90. The molecule has 2 rings (SSSR count). The van der Waals surface area contributed by atoms with Gasteiger partial charge in [0.25, 0.3) is 0 Å². The van der Waals surface area contributed by atoms with Crippen LogP contribution in [-0.4, -0.2) is 19.3 Å². The summed E-state index contributed by atoms with van der Waals surface area (Å²) < 4.78 is 5.26. The fourth-order valence-corrected chi connectivity index (χ4v) is 2.85. The Balaban J connectivity index is 2.34. The third-order valence-electron chi connectivity index (χ3n) is 3.09. The molecule has 98 valence electrons. The molecule has 0 atom stereocenters. The molecule has 2 heterocycles. The molecule has 0 radical (unpaired) electrons. The Morgan fingerprint density at radius 3 is 2.67 bits per heavy atom. The van der Waals surface area contributed by atoms with Crippen LogP contribution in [0, 0.1) is 0 Å². The summed E-state index contributed by atoms with van der Waals surface area (Å²) in [5.74, 6) is 1.54. The first-order valence-electron chi connectivity index (χ1n) is 6.25. The van der Waals surface area contributed by atoms with E-state index in [4.69, 9.17) is 0 Å². The number of aromatic nitrogens is 4. The zero-order valence-corrected chi connectivity index (χ0v) is 12.9. The van der Waals surface area contributed by atoms with Crippen molar-refractivity contribution in [1.29, 1.82) is 0 Å². The minimum Gasteiger partial charge on any atom is -0.329 e. The SMILES string of the molecule is CCc1nn(C)c(Cn2ccnc2C(C)C)c1Br. The Morgan fingerprint density at radius 1 is 1.39 bits per heavy atom. The molecular weight excluding hydrogens is 292 g/mol. The fraction of sp³-hybridized carbons (Fsp3) is 0.538. The van der Waals surface area contributed by atoms with Crippen molar-refractivity contribution in [3.63, 3.8) is 0 Å². The molecule has 0 fully saturated rings. The van der Waals surface area contributed by atoms with E-state index in [9.17, 15) is 0 Å². The number of imidazole rings is 1. The average Bonchev–Trinajstić information content (AvgIpc) is 2.88. The predicted molar refractivity (Wildman–Crippen MR) is 75.7 cm³/mol. The number of rotatable bonds is 4. The van der Waals surface area contributed by atoms with Gasteiger partial charge < -0.3 is 4.57 Å². The molecule has 5 heteroatoms. The Labute approximate surface area is 116 Å². The molecule has 0 unspecified atom stereocenters. The van der Waals surface area contributed by atoms with Gasteiger partial charge in [0, 0.05) is 25.4 Å². The predicted octanol–water partition coefficient (Wildman–Crippen LogP) is 3.11. The highest BCUT2D eigenvalue weighted by Crippen LogP contribution is 2.23. The molecule has 0 aliphatic rings. The van der Waals surface area contributed by atoms with Crippen LogP contribution in [-0.2, 0) is 20.0 Å². The molecular formula is C13H19BrN4. The van der Waals surface area contributed by atoms with Gasteiger partial charge in [-0.1, -0.05) is 20.8 Å². The molecule has 0 aliphatic carbocycles. The smallest absolute Gasteiger partial charge is 0.111 e. The second kappa shape index (κ2) is 5.26. The van der Waals surface area contributed by atoms with Crippen LogP contribution in [0.1, 0.15) is 43.9 Å². The van der Waals surface area contributed by atoms with Crippen molar-refractivity contribution in [2.75, 3.05) is 0 Å². The third-order valence-corrected chi connectivity index (χ3v) is 4.00. The minimum absolute atomic E-state index is 0.428. The van der Waals surface area contributed by atoms with Crippen molar-refractivity contribution in [2.24, 2.45) is 7.05 Å². The Morgan fingerprint density at radius 2 is 2.11 bits per heavy atom. The highest BCUT2D eigenvalue weighted by Gasteiger charge is 2.15. The van der Waals surface area contributed by atoms with E-state index in [1.807, 2.05) is 24.1 Å². The van der Waals surface area contributed by atoms with E-state index >= 15 is 0 Å². The van der Waals surface area contributed by atoms with Crippen molar-refractivity contribution in [1.82, 2.24) is 19.3 Å². The molecule has 0 bridgehead atoms. The zero-order chi connectivity index (χ0) is 13.3. The Hall–Kier alpha value is -1.10. The molecule has 0 N–H and O–H groups in total. The highest BCUT2D eigenvalue weighted by atomic mass is 79.9. The lowest BCUT2D eigenvalue weighted by molar-refractivity contribution is 0.619. The molecule has 2 aromatic rings. The lowest BCUT2D eigenvalue weighted by Crippen LogP contribution is -2.09. The normalized spacial score (nSPS) is 11.4. The van der Waals surface area contributed by atoms with Crippen LogP contribution in [0.15, 0.2) is 16.9 Å². The van der Waals surface area contributed by atoms with Crippen molar-refractivity contribution < 1.29 is 0 Å². The van der Waals surface area contributed by atoms with Crippen LogP contribution in [0.3, 0.4) is 0 Å². The van der Waals surface area contributed by atoms with Gasteiger partial charge in [-0.05, 0) is 22.4 Å². The van der Waals surface area contributed by atoms with Crippen molar-refractivity contribution in [2.45, 2.75) is 39.7 Å². The van der Waals surface area contributed by atoms with E-state index in [-0.39, 0.29) is 0 Å². The molecule has 0 aromatic carbocycles. The molecule has 0 amide bonds. The topological polar surface area (TPSA) is 35.6 Å². The molecule has 0 saturated heterocycles. The number of aryl methyl sites for hydroxylation is 2. The molecule has 4 nitrogen and oxygen atoms in total. The first-order chi connectivity index (χ1) is 8.54. The van der Waals surface area contributed by atoms with Gasteiger partial charge in [-0.2, -0.15) is 5.10 Å². The Bertz CT molecular complexity index is 539. The lowest BCUT2D eigenvalue weighted by Gasteiger charge is -2.10. The molecule has 2 aromatic heterocycles. The largest absolute Gasteiger partial charge is 0.329 e. The maximum absolute atomic E-state index is 4.52. The maximum Gasteiger partial charge on any atom is 0.111 e. The number of halogens is 1. The fourth-order valence-electron chi connectivity index (χ4n) is 2.11. The minimum atomic E-state index is 0.428. The van der Waals surface area contributed by atoms with Crippen LogP contribution in [0.4, 0.5) is 0 Å². The van der Waals surface area contributed by atoms with Gasteiger partial charge in [0.2, 0.25) is 0 Å². The number of hydrogen-bond acceptors (Lipinski definition) is 2. The number of hydrogen-bond donors (Lipinski definition) is 0. The van der Waals surface area contributed by atoms with E-state index in [1.165, 1.54) is 5.69 Å². The molecule has 0 spiro atoms. The molecule has 18 heavy (non-hydrogen) atoms. The standard InChI is InChI=1S/C13H19BrN4/c1-5-10-12(14)11(17(4)16-10)8-18-7-6-15-13(18)9(2)3/h6-7,9H,5,8H2,1-4H3. The van der Waals surface area contributed by atoms with Crippen LogP contribution in [0.25, 0.3) is 0 Å². The summed E-state index contributed by atoms with van der Waals surface area (Å²) >= 11 is 3.65. The maximum atomic E-state index is 4.52. The van der Waals surface area contributed by atoms with E-state index in [1.54, 1.807) is 0 Å². The highest BCUT2D eigenvalue weighted by molar-refractivity contribution is 9.10. The summed E-state index contributed by atoms with van der Waals surface area (Å²) in [7, 11) is 1.99. The second-order valence-corrected chi connectivity index (χ2v) is 5.55. The lowest BCUT2D eigenvalue weighted by atomic mass is 10.2. The van der Waals surface area contributed by atoms with Gasteiger partial charge in [-0.3, -0.25) is 4.68 Å². The van der Waals surface area contributed by atoms with E-state index in [0.717, 1.165) is 29.0 Å². The van der Waals surface area contributed by atoms with Gasteiger partial charge in [0.15, 0.2) is 0 Å². The van der Waals surface area contributed by atoms with Gasteiger partial charge in [0.1, 0.15) is 5.82 Å². The van der Waals surface area contributed by atoms with Crippen LogP contribution >= 0.6 is 15.9 Å². The summed E-state index contributed by atoms with van der Waals surface area (Å²) in [6.07, 6.45) is 4.83. The molecule has 0 aliphatic heterocycles. The van der Waals surface area contributed by atoms with Crippen LogP contribution in [0.5, 0.6) is 0 Å². The van der Waals surface area contributed by atoms with Gasteiger partial charge in [0.05, 0.1) is 22.4 Å². The summed E-state index contributed by atoms with van der Waals surface area (Å²) in [5.41, 5.74) is 2.30. The van der Waals surface area contributed by atoms with Crippen LogP contribution < -0.4 is 0 Å². The first-order valence-corrected chi connectivity index (χ1v) is 7.05. The van der Waals surface area contributed by atoms with Crippen molar-refractivity contribution >= 4 is 15.9 Å². The second-order valence-electron chi connectivity index (χ2n) is 4.75. The molecule has 0 saturated carbocycles. The van der Waals surface area contributed by atoms with Crippen molar-refractivity contribution in [3.8, 4) is 0 Å². The monoisotopic (exact) mass is 310 g/mol. The summed E-state index contributed by atoms with van der Waals surface area (Å²) in [6, 6.07) is 0. The van der Waals surface area contributed by atoms with Gasteiger partial charge in [-0.25, -0.2) is 4.98 Å². The van der Waals surface area contributed by atoms with Gasteiger partial charge in [-0.15, -0.1) is 0 Å². The van der Waals surface area contributed by atoms with Crippen LogP contribution in [0.2, 0.25) is 0 Å². The summed E-state index contributed by atoms with van der Waals surface area (Å²) in [4.78, 5) is 4.42. The van der Waals surface area contributed by atoms with Gasteiger partial charge >= 0.3 is 0 Å². The summed E-state index contributed by atoms with van der Waals surface area (Å²) in [5, 5.41) is 4.52. The zero-order valence-electron chi connectivity index (χ0n) is 11.3.